The minimum atomic E-state index is -0.612. The first-order chi connectivity index (χ1) is 20.9. The van der Waals surface area contributed by atoms with Crippen molar-refractivity contribution in [3.05, 3.63) is 57.6 Å². The van der Waals surface area contributed by atoms with Crippen molar-refractivity contribution in [1.29, 1.82) is 0 Å². The molecule has 12 heteroatoms. The lowest BCUT2D eigenvalue weighted by Crippen LogP contribution is -2.64. The van der Waals surface area contributed by atoms with Gasteiger partial charge in [0.25, 0.3) is 5.56 Å². The van der Waals surface area contributed by atoms with Crippen LogP contribution in [0.5, 0.6) is 5.88 Å². The Morgan fingerprint density at radius 3 is 2.52 bits per heavy atom. The highest BCUT2D eigenvalue weighted by atomic mass is 19.1. The molecule has 3 atom stereocenters. The van der Waals surface area contributed by atoms with Crippen LogP contribution in [0, 0.1) is 5.82 Å². The number of piperazine rings is 1. The van der Waals surface area contributed by atoms with E-state index in [4.69, 9.17) is 14.2 Å². The molecule has 2 fully saturated rings. The molecule has 0 aliphatic carbocycles. The number of hydrogen-bond donors (Lipinski definition) is 1. The van der Waals surface area contributed by atoms with Crippen LogP contribution >= 0.6 is 0 Å². The summed E-state index contributed by atoms with van der Waals surface area (Å²) < 4.78 is 30.6. The molecule has 4 heterocycles. The highest BCUT2D eigenvalue weighted by Gasteiger charge is 2.39. The van der Waals surface area contributed by atoms with Gasteiger partial charge >= 0.3 is 6.09 Å². The third kappa shape index (κ3) is 7.77. The number of halogens is 1. The highest BCUT2D eigenvalue weighted by Crippen LogP contribution is 2.30. The Morgan fingerprint density at radius 2 is 1.82 bits per heavy atom. The highest BCUT2D eigenvalue weighted by molar-refractivity contribution is 5.96. The molecule has 240 valence electrons. The van der Waals surface area contributed by atoms with Gasteiger partial charge in [-0.25, -0.2) is 9.18 Å². The van der Waals surface area contributed by atoms with E-state index in [0.29, 0.717) is 44.0 Å². The number of pyridine rings is 1. The maximum Gasteiger partial charge on any atom is 0.410 e. The number of amides is 2. The summed E-state index contributed by atoms with van der Waals surface area (Å²) >= 11 is 0. The molecule has 0 unspecified atom stereocenters. The molecule has 0 bridgehead atoms. The number of carbonyl (C=O) groups is 2. The predicted octanol–water partition coefficient (Wildman–Crippen LogP) is 2.86. The fraction of sp³-hybridized carbons (Fsp3) is 0.594. The number of aromatic amines is 1. The van der Waals surface area contributed by atoms with Gasteiger partial charge in [0.2, 0.25) is 11.8 Å². The zero-order chi connectivity index (χ0) is 31.6. The number of nitrogens with zero attached hydrogens (tertiary/aromatic N) is 4. The zero-order valence-corrected chi connectivity index (χ0v) is 26.3. The van der Waals surface area contributed by atoms with Crippen LogP contribution in [-0.4, -0.2) is 114 Å². The molecule has 2 aromatic rings. The van der Waals surface area contributed by atoms with E-state index in [2.05, 4.69) is 14.8 Å². The third-order valence-corrected chi connectivity index (χ3v) is 8.24. The lowest BCUT2D eigenvalue weighted by Gasteiger charge is -2.47. The molecule has 1 aromatic carbocycles. The van der Waals surface area contributed by atoms with Gasteiger partial charge in [-0.3, -0.25) is 24.4 Å². The molecule has 0 radical (unpaired) electrons. The molecule has 0 saturated carbocycles. The Labute approximate surface area is 257 Å². The molecule has 11 nitrogen and oxygen atoms in total. The quantitative estimate of drug-likeness (QED) is 0.530. The van der Waals surface area contributed by atoms with Crippen LogP contribution in [0.1, 0.15) is 45.7 Å². The van der Waals surface area contributed by atoms with Gasteiger partial charge in [-0.2, -0.15) is 0 Å². The van der Waals surface area contributed by atoms with Gasteiger partial charge in [0.05, 0.1) is 25.8 Å². The number of hydrogen-bond acceptors (Lipinski definition) is 8. The number of fused-ring (bicyclic) bond motifs is 1. The Bertz CT molecular complexity index is 1390. The van der Waals surface area contributed by atoms with Crippen LogP contribution in [0.25, 0.3) is 0 Å². The summed E-state index contributed by atoms with van der Waals surface area (Å²) in [4.78, 5) is 50.7. The number of ether oxygens (including phenoxy) is 3. The summed E-state index contributed by atoms with van der Waals surface area (Å²) in [6.07, 6.45) is 0.0465. The van der Waals surface area contributed by atoms with Crippen molar-refractivity contribution in [2.75, 3.05) is 63.9 Å². The molecule has 2 saturated heterocycles. The fourth-order valence-corrected chi connectivity index (χ4v) is 6.09. The van der Waals surface area contributed by atoms with Gasteiger partial charge in [0, 0.05) is 56.8 Å². The van der Waals surface area contributed by atoms with Crippen LogP contribution in [0.3, 0.4) is 0 Å². The molecule has 0 spiro atoms. The summed E-state index contributed by atoms with van der Waals surface area (Å²) in [5.74, 6) is -0.201. The predicted molar refractivity (Wildman–Crippen MR) is 164 cm³/mol. The standard InChI is InChI=1S/C32H44FN5O6/c1-21-16-36(26(18-35-10-12-42-22(2)17-35)19-38(21)31(41)44-32(3,4)5)20-28(39)37-11-13-43-30-27(37)15-24(29(40)34-30)14-23-6-8-25(33)9-7-23/h6-9,15,21-22,26H,10-14,16-20H2,1-5H3,(H,34,40)/t21-,22-,26+/m1/s1. The van der Waals surface area contributed by atoms with Crippen molar-refractivity contribution in [3.8, 4) is 5.88 Å². The average molecular weight is 614 g/mol. The molecule has 1 aromatic heterocycles. The number of aromatic nitrogens is 1. The summed E-state index contributed by atoms with van der Waals surface area (Å²) in [7, 11) is 0. The van der Waals surface area contributed by atoms with E-state index in [1.165, 1.54) is 12.1 Å². The van der Waals surface area contributed by atoms with Gasteiger partial charge in [-0.1, -0.05) is 12.1 Å². The number of rotatable bonds is 6. The number of nitrogens with one attached hydrogen (secondary N) is 1. The summed E-state index contributed by atoms with van der Waals surface area (Å²) in [6.45, 7) is 14.2. The van der Waals surface area contributed by atoms with E-state index >= 15 is 0 Å². The molecule has 44 heavy (non-hydrogen) atoms. The topological polar surface area (TPSA) is 108 Å². The van der Waals surface area contributed by atoms with Crippen molar-refractivity contribution in [2.45, 2.75) is 64.8 Å². The number of H-pyrrole nitrogens is 1. The maximum absolute atomic E-state index is 14.0. The molecule has 5 rings (SSSR count). The monoisotopic (exact) mass is 613 g/mol. The smallest absolute Gasteiger partial charge is 0.410 e. The van der Waals surface area contributed by atoms with Gasteiger partial charge < -0.3 is 24.0 Å². The van der Waals surface area contributed by atoms with E-state index < -0.39 is 5.60 Å². The van der Waals surface area contributed by atoms with Gasteiger partial charge in [0.15, 0.2) is 0 Å². The van der Waals surface area contributed by atoms with Crippen LogP contribution in [0.4, 0.5) is 14.9 Å². The fourth-order valence-electron chi connectivity index (χ4n) is 6.09. The number of carbonyl (C=O) groups excluding carboxylic acids is 2. The van der Waals surface area contributed by atoms with Crippen LogP contribution < -0.4 is 15.2 Å². The minimum Gasteiger partial charge on any atom is -0.476 e. The summed E-state index contributed by atoms with van der Waals surface area (Å²) in [6, 6.07) is 7.44. The molecule has 3 aliphatic rings. The molecule has 1 N–H and O–H groups in total. The second-order valence-corrected chi connectivity index (χ2v) is 13.0. The van der Waals surface area contributed by atoms with Gasteiger partial charge in [-0.15, -0.1) is 0 Å². The first kappa shape index (κ1) is 31.9. The summed E-state index contributed by atoms with van der Waals surface area (Å²) in [5.41, 5.74) is 0.826. The largest absolute Gasteiger partial charge is 0.476 e. The Morgan fingerprint density at radius 1 is 1.07 bits per heavy atom. The second-order valence-electron chi connectivity index (χ2n) is 13.0. The maximum atomic E-state index is 14.0. The average Bonchev–Trinajstić information content (AvgIpc) is 2.94. The van der Waals surface area contributed by atoms with Crippen molar-refractivity contribution in [2.24, 2.45) is 0 Å². The van der Waals surface area contributed by atoms with Gasteiger partial charge in [0.1, 0.15) is 23.7 Å². The summed E-state index contributed by atoms with van der Waals surface area (Å²) in [5, 5.41) is 0. The lowest BCUT2D eigenvalue weighted by atomic mass is 10.0. The SMILES string of the molecule is C[C@@H]1CN(C[C@H]2CN(C(=O)OC(C)(C)C)[C@H](C)CN2CC(=O)N2CCOc3[nH]c(=O)c(Cc4ccc(F)cc4)cc32)CCO1. The lowest BCUT2D eigenvalue weighted by molar-refractivity contribution is -0.122. The number of morpholine rings is 1. The van der Waals surface area contributed by atoms with Crippen molar-refractivity contribution >= 4 is 17.7 Å². The van der Waals surface area contributed by atoms with Crippen molar-refractivity contribution in [1.82, 2.24) is 19.7 Å². The van der Waals surface area contributed by atoms with E-state index in [0.717, 1.165) is 18.7 Å². The molecule has 3 aliphatic heterocycles. The second kappa shape index (κ2) is 13.3. The molecular formula is C32H44FN5O6. The Balaban J connectivity index is 1.35. The van der Waals surface area contributed by atoms with E-state index in [-0.39, 0.29) is 67.0 Å². The van der Waals surface area contributed by atoms with E-state index in [9.17, 15) is 18.8 Å². The first-order valence-corrected chi connectivity index (χ1v) is 15.4. The first-order valence-electron chi connectivity index (χ1n) is 15.4. The van der Waals surface area contributed by atoms with E-state index in [1.54, 1.807) is 28.0 Å². The van der Waals surface area contributed by atoms with Crippen LogP contribution in [-0.2, 0) is 20.7 Å². The van der Waals surface area contributed by atoms with Gasteiger partial charge in [-0.05, 0) is 58.4 Å². The number of benzene rings is 1. The molecule has 2 amide bonds. The van der Waals surface area contributed by atoms with Crippen LogP contribution in [0.15, 0.2) is 35.1 Å². The van der Waals surface area contributed by atoms with Crippen LogP contribution in [0.2, 0.25) is 0 Å². The Hall–Kier alpha value is -3.48. The molecular weight excluding hydrogens is 569 g/mol. The normalized spacial score (nSPS) is 23.2. The third-order valence-electron chi connectivity index (χ3n) is 8.24. The Kier molecular flexibility index (Phi) is 9.62. The number of anilines is 1. The van der Waals surface area contributed by atoms with Crippen molar-refractivity contribution in [3.63, 3.8) is 0 Å². The zero-order valence-electron chi connectivity index (χ0n) is 26.3. The van der Waals surface area contributed by atoms with Crippen molar-refractivity contribution < 1.29 is 28.2 Å². The van der Waals surface area contributed by atoms with E-state index in [1.807, 2.05) is 34.6 Å². The minimum absolute atomic E-state index is 0.0990.